The Morgan fingerprint density at radius 3 is 2.65 bits per heavy atom. The minimum atomic E-state index is -0.358. The lowest BCUT2D eigenvalue weighted by atomic mass is 10.2. The van der Waals surface area contributed by atoms with Crippen molar-refractivity contribution in [3.8, 4) is 5.75 Å². The van der Waals surface area contributed by atoms with E-state index in [2.05, 4.69) is 15.9 Å². The third kappa shape index (κ3) is 3.12. The van der Waals surface area contributed by atoms with Gasteiger partial charge in [0, 0.05) is 18.7 Å². The van der Waals surface area contributed by atoms with Gasteiger partial charge in [-0.1, -0.05) is 12.1 Å². The second kappa shape index (κ2) is 6.50. The van der Waals surface area contributed by atoms with E-state index < -0.39 is 0 Å². The summed E-state index contributed by atoms with van der Waals surface area (Å²) in [5.74, 6) is 0.437. The highest BCUT2D eigenvalue weighted by atomic mass is 79.9. The number of halogens is 1. The molecule has 0 radical (unpaired) electrons. The smallest absolute Gasteiger partial charge is 0.355 e. The summed E-state index contributed by atoms with van der Waals surface area (Å²) >= 11 is 3.32. The summed E-state index contributed by atoms with van der Waals surface area (Å²) in [6, 6.07) is 11.3. The summed E-state index contributed by atoms with van der Waals surface area (Å²) in [5.41, 5.74) is 3.01. The van der Waals surface area contributed by atoms with Crippen LogP contribution in [0, 0.1) is 0 Å². The molecule has 0 aliphatic heterocycles. The van der Waals surface area contributed by atoms with E-state index in [4.69, 9.17) is 13.9 Å². The Bertz CT molecular complexity index is 832. The van der Waals surface area contributed by atoms with Crippen LogP contribution in [0.25, 0.3) is 11.1 Å². The van der Waals surface area contributed by atoms with Gasteiger partial charge in [0.15, 0.2) is 10.3 Å². The Labute approximate surface area is 141 Å². The number of nitrogens with zero attached hydrogens (tertiary/aromatic N) is 1. The number of furan rings is 1. The minimum absolute atomic E-state index is 0.331. The van der Waals surface area contributed by atoms with Crippen LogP contribution in [-0.2, 0) is 11.3 Å². The van der Waals surface area contributed by atoms with Gasteiger partial charge in [-0.2, -0.15) is 0 Å². The van der Waals surface area contributed by atoms with E-state index in [1.165, 1.54) is 0 Å². The number of hydrogen-bond acceptors (Lipinski definition) is 4. The van der Waals surface area contributed by atoms with Gasteiger partial charge < -0.3 is 18.5 Å². The van der Waals surface area contributed by atoms with Crippen LogP contribution in [0.4, 0.5) is 0 Å². The van der Waals surface area contributed by atoms with E-state index in [1.807, 2.05) is 34.9 Å². The SMILES string of the molecule is CCOC(=O)c1cc2oc(Br)cc2n1Cc1ccc(OC)cc1. The van der Waals surface area contributed by atoms with Gasteiger partial charge in [-0.3, -0.25) is 0 Å². The molecule has 0 atom stereocenters. The van der Waals surface area contributed by atoms with Crippen molar-refractivity contribution in [1.82, 2.24) is 4.57 Å². The van der Waals surface area contributed by atoms with Gasteiger partial charge in [-0.15, -0.1) is 0 Å². The average Bonchev–Trinajstić information content (AvgIpc) is 3.06. The zero-order valence-electron chi connectivity index (χ0n) is 12.8. The molecule has 0 bridgehead atoms. The summed E-state index contributed by atoms with van der Waals surface area (Å²) in [4.78, 5) is 12.2. The molecule has 3 rings (SSSR count). The molecule has 1 aromatic carbocycles. The van der Waals surface area contributed by atoms with Crippen molar-refractivity contribution in [2.24, 2.45) is 0 Å². The fourth-order valence-electron chi connectivity index (χ4n) is 2.47. The molecule has 23 heavy (non-hydrogen) atoms. The Balaban J connectivity index is 2.01. The van der Waals surface area contributed by atoms with Gasteiger partial charge in [0.05, 0.1) is 19.2 Å². The number of hydrogen-bond donors (Lipinski definition) is 0. The molecule has 2 heterocycles. The first-order chi connectivity index (χ1) is 11.1. The van der Waals surface area contributed by atoms with Crippen LogP contribution < -0.4 is 4.74 Å². The van der Waals surface area contributed by atoms with Crippen molar-refractivity contribution in [3.63, 3.8) is 0 Å². The number of aromatic nitrogens is 1. The van der Waals surface area contributed by atoms with E-state index in [1.54, 1.807) is 20.1 Å². The number of esters is 1. The highest BCUT2D eigenvalue weighted by Gasteiger charge is 2.19. The molecule has 3 aromatic rings. The molecule has 0 amide bonds. The minimum Gasteiger partial charge on any atom is -0.497 e. The van der Waals surface area contributed by atoms with Crippen LogP contribution in [0.1, 0.15) is 23.0 Å². The molecule has 0 saturated heterocycles. The molecule has 6 heteroatoms. The van der Waals surface area contributed by atoms with Crippen molar-refractivity contribution in [3.05, 3.63) is 52.3 Å². The molecule has 0 N–H and O–H groups in total. The highest BCUT2D eigenvalue weighted by Crippen LogP contribution is 2.28. The first-order valence-electron chi connectivity index (χ1n) is 7.21. The monoisotopic (exact) mass is 377 g/mol. The van der Waals surface area contributed by atoms with Gasteiger partial charge in [-0.25, -0.2) is 4.79 Å². The summed E-state index contributed by atoms with van der Waals surface area (Å²) < 4.78 is 18.4. The number of benzene rings is 1. The first-order valence-corrected chi connectivity index (χ1v) is 8.00. The van der Waals surface area contributed by atoms with Crippen LogP contribution in [0.15, 0.2) is 45.5 Å². The maximum Gasteiger partial charge on any atom is 0.355 e. The molecule has 120 valence electrons. The van der Waals surface area contributed by atoms with Crippen molar-refractivity contribution in [2.75, 3.05) is 13.7 Å². The molecule has 0 aliphatic rings. The van der Waals surface area contributed by atoms with Gasteiger partial charge in [-0.05, 0) is 40.5 Å². The standard InChI is InChI=1S/C17H16BrNO4/c1-3-22-17(20)14-8-15-13(9-16(18)23-15)19(14)10-11-4-6-12(21-2)7-5-11/h4-9H,3,10H2,1-2H3. The van der Waals surface area contributed by atoms with Crippen LogP contribution in [0.3, 0.4) is 0 Å². The number of fused-ring (bicyclic) bond motifs is 1. The van der Waals surface area contributed by atoms with Crippen molar-refractivity contribution in [2.45, 2.75) is 13.5 Å². The van der Waals surface area contributed by atoms with E-state index >= 15 is 0 Å². The Hall–Kier alpha value is -2.21. The molecule has 0 saturated carbocycles. The lowest BCUT2D eigenvalue weighted by Gasteiger charge is -2.10. The van der Waals surface area contributed by atoms with Gasteiger partial charge in [0.2, 0.25) is 0 Å². The summed E-state index contributed by atoms with van der Waals surface area (Å²) in [6.45, 7) is 2.65. The molecule has 0 spiro atoms. The summed E-state index contributed by atoms with van der Waals surface area (Å²) in [5, 5.41) is 0. The van der Waals surface area contributed by atoms with E-state index in [0.29, 0.717) is 29.1 Å². The third-order valence-corrected chi connectivity index (χ3v) is 3.93. The number of rotatable bonds is 5. The van der Waals surface area contributed by atoms with E-state index in [-0.39, 0.29) is 5.97 Å². The van der Waals surface area contributed by atoms with Crippen molar-refractivity contribution >= 4 is 33.0 Å². The molecular weight excluding hydrogens is 362 g/mol. The van der Waals surface area contributed by atoms with Gasteiger partial charge in [0.25, 0.3) is 0 Å². The Kier molecular flexibility index (Phi) is 4.43. The number of carbonyl (C=O) groups excluding carboxylic acids is 1. The lowest BCUT2D eigenvalue weighted by molar-refractivity contribution is 0.0515. The molecule has 0 unspecified atom stereocenters. The predicted molar refractivity (Wildman–Crippen MR) is 90.0 cm³/mol. The fourth-order valence-corrected chi connectivity index (χ4v) is 2.86. The zero-order valence-corrected chi connectivity index (χ0v) is 14.4. The van der Waals surface area contributed by atoms with Crippen LogP contribution in [0.2, 0.25) is 0 Å². The van der Waals surface area contributed by atoms with Crippen LogP contribution >= 0.6 is 15.9 Å². The van der Waals surface area contributed by atoms with E-state index in [0.717, 1.165) is 16.8 Å². The Morgan fingerprint density at radius 1 is 1.26 bits per heavy atom. The average molecular weight is 378 g/mol. The van der Waals surface area contributed by atoms with Crippen molar-refractivity contribution < 1.29 is 18.7 Å². The van der Waals surface area contributed by atoms with Gasteiger partial charge in [0.1, 0.15) is 11.4 Å². The second-order valence-electron chi connectivity index (χ2n) is 4.98. The summed E-state index contributed by atoms with van der Waals surface area (Å²) in [7, 11) is 1.63. The number of ether oxygens (including phenoxy) is 2. The molecule has 2 aromatic heterocycles. The maximum absolute atomic E-state index is 12.2. The summed E-state index contributed by atoms with van der Waals surface area (Å²) in [6.07, 6.45) is 0. The largest absolute Gasteiger partial charge is 0.497 e. The van der Waals surface area contributed by atoms with Crippen LogP contribution in [-0.4, -0.2) is 24.3 Å². The third-order valence-electron chi connectivity index (χ3n) is 3.54. The lowest BCUT2D eigenvalue weighted by Crippen LogP contribution is -2.12. The molecule has 0 fully saturated rings. The van der Waals surface area contributed by atoms with Crippen molar-refractivity contribution in [1.29, 1.82) is 0 Å². The Morgan fingerprint density at radius 2 is 2.00 bits per heavy atom. The normalized spacial score (nSPS) is 10.9. The molecule has 5 nitrogen and oxygen atoms in total. The van der Waals surface area contributed by atoms with Gasteiger partial charge >= 0.3 is 5.97 Å². The second-order valence-corrected chi connectivity index (χ2v) is 5.77. The topological polar surface area (TPSA) is 53.6 Å². The quantitative estimate of drug-likeness (QED) is 0.624. The first kappa shape index (κ1) is 15.7. The molecule has 0 aliphatic carbocycles. The fraction of sp³-hybridized carbons (Fsp3) is 0.235. The highest BCUT2D eigenvalue weighted by molar-refractivity contribution is 9.10. The predicted octanol–water partition coefficient (Wildman–Crippen LogP) is 4.23. The van der Waals surface area contributed by atoms with Crippen LogP contribution in [0.5, 0.6) is 5.75 Å². The molecular formula is C17H16BrNO4. The number of carbonyl (C=O) groups is 1. The van der Waals surface area contributed by atoms with E-state index in [9.17, 15) is 4.79 Å². The maximum atomic E-state index is 12.2. The number of methoxy groups -OCH3 is 1. The zero-order chi connectivity index (χ0) is 16.4.